The fourth-order valence-electron chi connectivity index (χ4n) is 3.01. The van der Waals surface area contributed by atoms with Crippen molar-refractivity contribution in [2.45, 2.75) is 32.7 Å². The van der Waals surface area contributed by atoms with Gasteiger partial charge in [-0.1, -0.05) is 19.1 Å². The van der Waals surface area contributed by atoms with Gasteiger partial charge in [0, 0.05) is 25.2 Å². The van der Waals surface area contributed by atoms with Crippen molar-refractivity contribution >= 4 is 17.8 Å². The number of nitrogens with one attached hydrogen (secondary N) is 1. The molecular weight excluding hydrogens is 320 g/mol. The van der Waals surface area contributed by atoms with Crippen LogP contribution in [0.5, 0.6) is 0 Å². The fourth-order valence-corrected chi connectivity index (χ4v) is 3.01. The molecule has 1 N–H and O–H groups in total. The third-order valence-electron chi connectivity index (χ3n) is 4.84. The molecule has 2 atom stereocenters. The number of carbonyl (C=O) groups excluding carboxylic acids is 3. The molecule has 6 heteroatoms. The molecule has 1 aliphatic carbocycles. The molecule has 0 spiro atoms. The average molecular weight is 344 g/mol. The van der Waals surface area contributed by atoms with E-state index < -0.39 is 0 Å². The molecule has 1 saturated carbocycles. The van der Waals surface area contributed by atoms with Gasteiger partial charge in [0.25, 0.3) is 11.8 Å². The Kier molecular flexibility index (Phi) is 5.36. The van der Waals surface area contributed by atoms with Crippen molar-refractivity contribution in [2.75, 3.05) is 19.7 Å². The predicted molar refractivity (Wildman–Crippen MR) is 91.7 cm³/mol. The highest BCUT2D eigenvalue weighted by Gasteiger charge is 2.40. The average Bonchev–Trinajstić information content (AvgIpc) is 3.12. The predicted octanol–water partition coefficient (Wildman–Crippen LogP) is 1.74. The number of ether oxygens (including phenoxy) is 1. The van der Waals surface area contributed by atoms with Crippen molar-refractivity contribution < 1.29 is 19.1 Å². The summed E-state index contributed by atoms with van der Waals surface area (Å²) in [6.07, 6.45) is 2.99. The molecular formula is C19H24N2O4. The van der Waals surface area contributed by atoms with Crippen LogP contribution in [0.4, 0.5) is 0 Å². The molecule has 25 heavy (non-hydrogen) atoms. The van der Waals surface area contributed by atoms with E-state index in [-0.39, 0.29) is 30.3 Å². The Labute approximate surface area is 147 Å². The minimum atomic E-state index is -0.320. The minimum Gasteiger partial charge on any atom is -0.455 e. The van der Waals surface area contributed by atoms with E-state index in [9.17, 15) is 14.4 Å². The van der Waals surface area contributed by atoms with Gasteiger partial charge < -0.3 is 15.0 Å². The summed E-state index contributed by atoms with van der Waals surface area (Å²) in [5.74, 6) is -0.202. The Morgan fingerprint density at radius 1 is 1.16 bits per heavy atom. The maximum Gasteiger partial charge on any atom is 0.309 e. The van der Waals surface area contributed by atoms with E-state index >= 15 is 0 Å². The Bertz CT molecular complexity index is 650. The van der Waals surface area contributed by atoms with Crippen LogP contribution in [-0.4, -0.2) is 42.4 Å². The summed E-state index contributed by atoms with van der Waals surface area (Å²) in [5, 5.41) is 2.72. The highest BCUT2D eigenvalue weighted by molar-refractivity contribution is 5.94. The molecule has 6 nitrogen and oxygen atoms in total. The molecule has 1 saturated heterocycles. The molecule has 1 aromatic carbocycles. The fraction of sp³-hybridized carbons (Fsp3) is 0.526. The molecule has 1 heterocycles. The molecule has 1 aliphatic heterocycles. The van der Waals surface area contributed by atoms with Gasteiger partial charge in [0.2, 0.25) is 0 Å². The van der Waals surface area contributed by atoms with E-state index in [4.69, 9.17) is 4.74 Å². The minimum absolute atomic E-state index is 0.0338. The number of hydrogen-bond acceptors (Lipinski definition) is 4. The summed E-state index contributed by atoms with van der Waals surface area (Å²) in [6, 6.07) is 7.25. The molecule has 0 aromatic heterocycles. The van der Waals surface area contributed by atoms with Crippen LogP contribution in [0.2, 0.25) is 0 Å². The van der Waals surface area contributed by atoms with Gasteiger partial charge in [-0.25, -0.2) is 0 Å². The van der Waals surface area contributed by atoms with Gasteiger partial charge in [-0.15, -0.1) is 0 Å². The van der Waals surface area contributed by atoms with Crippen LogP contribution in [0.3, 0.4) is 0 Å². The first kappa shape index (κ1) is 17.5. The van der Waals surface area contributed by atoms with Crippen molar-refractivity contribution in [3.8, 4) is 0 Å². The summed E-state index contributed by atoms with van der Waals surface area (Å²) in [7, 11) is 0. The van der Waals surface area contributed by atoms with Crippen LogP contribution in [0.15, 0.2) is 24.3 Å². The number of hydrogen-bond donors (Lipinski definition) is 1. The second-order valence-electron chi connectivity index (χ2n) is 6.90. The maximum absolute atomic E-state index is 12.3. The number of nitrogens with zero attached hydrogens (tertiary/aromatic N) is 1. The topological polar surface area (TPSA) is 75.7 Å². The van der Waals surface area contributed by atoms with Gasteiger partial charge in [0.05, 0.1) is 5.92 Å². The number of amides is 2. The van der Waals surface area contributed by atoms with E-state index in [1.807, 2.05) is 24.0 Å². The number of likely N-dealkylation sites (tertiary alicyclic amines) is 1. The lowest BCUT2D eigenvalue weighted by molar-refractivity contribution is -0.150. The van der Waals surface area contributed by atoms with Gasteiger partial charge in [-0.05, 0) is 42.9 Å². The first-order valence-electron chi connectivity index (χ1n) is 8.86. The molecule has 0 unspecified atom stereocenters. The summed E-state index contributed by atoms with van der Waals surface area (Å²) >= 11 is 0. The van der Waals surface area contributed by atoms with E-state index in [2.05, 4.69) is 5.32 Å². The van der Waals surface area contributed by atoms with Crippen molar-refractivity contribution in [3.05, 3.63) is 35.4 Å². The van der Waals surface area contributed by atoms with Crippen LogP contribution in [0.1, 0.15) is 42.1 Å². The zero-order chi connectivity index (χ0) is 17.8. The third kappa shape index (κ3) is 4.59. The summed E-state index contributed by atoms with van der Waals surface area (Å²) < 4.78 is 4.99. The molecule has 2 amide bonds. The number of rotatable bonds is 6. The Hall–Kier alpha value is -2.37. The SMILES string of the molecule is C[C@H]1C[C@H]1C(=O)OCC(=O)NCc1ccc(C(=O)N2CCCC2)cc1. The molecule has 2 fully saturated rings. The van der Waals surface area contributed by atoms with Gasteiger partial charge in [0.15, 0.2) is 6.61 Å². The highest BCUT2D eigenvalue weighted by Crippen LogP contribution is 2.38. The van der Waals surface area contributed by atoms with Gasteiger partial charge in [0.1, 0.15) is 0 Å². The largest absolute Gasteiger partial charge is 0.455 e. The quantitative estimate of drug-likeness (QED) is 0.798. The zero-order valence-corrected chi connectivity index (χ0v) is 14.5. The molecule has 0 bridgehead atoms. The lowest BCUT2D eigenvalue weighted by Crippen LogP contribution is -2.29. The monoisotopic (exact) mass is 344 g/mol. The Morgan fingerprint density at radius 3 is 2.40 bits per heavy atom. The third-order valence-corrected chi connectivity index (χ3v) is 4.84. The first-order chi connectivity index (χ1) is 12.0. The van der Waals surface area contributed by atoms with E-state index in [0.717, 1.165) is 37.9 Å². The van der Waals surface area contributed by atoms with E-state index in [0.29, 0.717) is 18.0 Å². The van der Waals surface area contributed by atoms with Crippen molar-refractivity contribution in [3.63, 3.8) is 0 Å². The molecule has 134 valence electrons. The summed E-state index contributed by atoms with van der Waals surface area (Å²) in [4.78, 5) is 37.4. The van der Waals surface area contributed by atoms with E-state index in [1.54, 1.807) is 12.1 Å². The molecule has 2 aliphatic rings. The normalized spacial score (nSPS) is 21.7. The van der Waals surface area contributed by atoms with Crippen molar-refractivity contribution in [1.29, 1.82) is 0 Å². The molecule has 1 aromatic rings. The van der Waals surface area contributed by atoms with Crippen LogP contribution in [0.25, 0.3) is 0 Å². The smallest absolute Gasteiger partial charge is 0.309 e. The first-order valence-corrected chi connectivity index (χ1v) is 8.86. The highest BCUT2D eigenvalue weighted by atomic mass is 16.5. The lowest BCUT2D eigenvalue weighted by Gasteiger charge is -2.15. The lowest BCUT2D eigenvalue weighted by atomic mass is 10.1. The maximum atomic E-state index is 12.3. The van der Waals surface area contributed by atoms with Crippen LogP contribution in [0, 0.1) is 11.8 Å². The van der Waals surface area contributed by atoms with Crippen molar-refractivity contribution in [1.82, 2.24) is 10.2 Å². The number of carbonyl (C=O) groups is 3. The number of esters is 1. The second-order valence-corrected chi connectivity index (χ2v) is 6.90. The number of benzene rings is 1. The van der Waals surface area contributed by atoms with E-state index in [1.165, 1.54) is 0 Å². The molecule has 0 radical (unpaired) electrons. The van der Waals surface area contributed by atoms with Crippen LogP contribution in [-0.2, 0) is 20.9 Å². The van der Waals surface area contributed by atoms with Crippen LogP contribution >= 0.6 is 0 Å². The van der Waals surface area contributed by atoms with Gasteiger partial charge >= 0.3 is 5.97 Å². The van der Waals surface area contributed by atoms with Gasteiger partial charge in [-0.3, -0.25) is 14.4 Å². The van der Waals surface area contributed by atoms with Gasteiger partial charge in [-0.2, -0.15) is 0 Å². The second kappa shape index (κ2) is 7.68. The summed E-state index contributed by atoms with van der Waals surface area (Å²) in [5.41, 5.74) is 1.57. The standard InChI is InChI=1S/C19H24N2O4/c1-13-10-16(13)19(24)25-12-17(22)20-11-14-4-6-15(7-5-14)18(23)21-8-2-3-9-21/h4-7,13,16H,2-3,8-12H2,1H3,(H,20,22)/t13-,16+/m0/s1. The van der Waals surface area contributed by atoms with Crippen molar-refractivity contribution in [2.24, 2.45) is 11.8 Å². The Balaban J connectivity index is 1.41. The summed E-state index contributed by atoms with van der Waals surface area (Å²) in [6.45, 7) is 3.75. The molecule has 3 rings (SSSR count). The van der Waals surface area contributed by atoms with Crippen LogP contribution < -0.4 is 5.32 Å². The Morgan fingerprint density at radius 2 is 1.80 bits per heavy atom. The zero-order valence-electron chi connectivity index (χ0n) is 14.5.